The van der Waals surface area contributed by atoms with Crippen LogP contribution in [0.15, 0.2) is 12.2 Å². The van der Waals surface area contributed by atoms with Gasteiger partial charge in [-0.25, -0.2) is 0 Å². The highest BCUT2D eigenvalue weighted by Crippen LogP contribution is 2.17. The number of rotatable bonds is 6. The van der Waals surface area contributed by atoms with Crippen LogP contribution in [0.5, 0.6) is 0 Å². The van der Waals surface area contributed by atoms with E-state index in [0.717, 1.165) is 32.5 Å². The lowest BCUT2D eigenvalue weighted by Crippen LogP contribution is -2.38. The Kier molecular flexibility index (Phi) is 5.40. The predicted molar refractivity (Wildman–Crippen MR) is 62.7 cm³/mol. The number of nitrogens with zero attached hydrogens (tertiary/aromatic N) is 1. The van der Waals surface area contributed by atoms with Crippen LogP contribution in [0.1, 0.15) is 33.1 Å². The molecule has 0 heterocycles. The molecule has 1 aliphatic carbocycles. The molecule has 0 aromatic rings. The smallest absolute Gasteiger partial charge is 0.243 e. The van der Waals surface area contributed by atoms with E-state index in [1.165, 1.54) is 6.42 Å². The fourth-order valence-electron chi connectivity index (χ4n) is 1.59. The molecule has 3 heteroatoms. The average Bonchev–Trinajstić information content (AvgIpc) is 2.18. The minimum atomic E-state index is 0.0619. The highest BCUT2D eigenvalue weighted by Gasteiger charge is 2.17. The van der Waals surface area contributed by atoms with Gasteiger partial charge in [0.05, 0.1) is 0 Å². The minimum absolute atomic E-state index is 0.0619. The van der Waals surface area contributed by atoms with E-state index in [0.29, 0.717) is 6.04 Å². The van der Waals surface area contributed by atoms with Gasteiger partial charge >= 0.3 is 0 Å². The molecule has 0 aromatic heterocycles. The molecule has 0 spiro atoms. The van der Waals surface area contributed by atoms with Crippen molar-refractivity contribution in [3.8, 4) is 0 Å². The predicted octanol–water partition coefficient (Wildman–Crippen LogP) is 1.55. The van der Waals surface area contributed by atoms with Crippen molar-refractivity contribution in [3.63, 3.8) is 0 Å². The summed E-state index contributed by atoms with van der Waals surface area (Å²) in [4.78, 5) is 13.7. The van der Waals surface area contributed by atoms with Gasteiger partial charge in [-0.3, -0.25) is 4.79 Å². The fourth-order valence-corrected chi connectivity index (χ4v) is 1.59. The Morgan fingerprint density at radius 1 is 1.40 bits per heavy atom. The maximum Gasteiger partial charge on any atom is 0.243 e. The van der Waals surface area contributed by atoms with Gasteiger partial charge in [-0.1, -0.05) is 19.9 Å². The molecule has 1 fully saturated rings. The van der Waals surface area contributed by atoms with Crippen molar-refractivity contribution < 1.29 is 4.79 Å². The molecular weight excluding hydrogens is 188 g/mol. The standard InChI is InChI=1S/C12H22N2O/c1-3-14(4-2)10-6-9-12(15)13-11-7-5-8-11/h6,9,11H,3-5,7-8,10H2,1-2H3,(H,13,15)/b9-6+. The number of likely N-dealkylation sites (N-methyl/N-ethyl adjacent to an activating group) is 1. The summed E-state index contributed by atoms with van der Waals surface area (Å²) in [5.41, 5.74) is 0. The van der Waals surface area contributed by atoms with Gasteiger partial charge in [0.15, 0.2) is 0 Å². The number of hydrogen-bond acceptors (Lipinski definition) is 2. The number of amides is 1. The molecule has 1 saturated carbocycles. The quantitative estimate of drug-likeness (QED) is 0.675. The van der Waals surface area contributed by atoms with E-state index < -0.39 is 0 Å². The normalized spacial score (nSPS) is 17.0. The van der Waals surface area contributed by atoms with Gasteiger partial charge in [0.2, 0.25) is 5.91 Å². The molecule has 1 N–H and O–H groups in total. The molecule has 1 amide bonds. The lowest BCUT2D eigenvalue weighted by atomic mass is 9.93. The van der Waals surface area contributed by atoms with Gasteiger partial charge in [0.1, 0.15) is 0 Å². The maximum atomic E-state index is 11.4. The monoisotopic (exact) mass is 210 g/mol. The van der Waals surface area contributed by atoms with Gasteiger partial charge in [-0.15, -0.1) is 0 Å². The first-order chi connectivity index (χ1) is 7.26. The third-order valence-corrected chi connectivity index (χ3v) is 2.98. The van der Waals surface area contributed by atoms with E-state index in [1.54, 1.807) is 6.08 Å². The first kappa shape index (κ1) is 12.2. The number of nitrogens with one attached hydrogen (secondary N) is 1. The van der Waals surface area contributed by atoms with E-state index in [4.69, 9.17) is 0 Å². The zero-order valence-corrected chi connectivity index (χ0v) is 9.83. The van der Waals surface area contributed by atoms with Crippen molar-refractivity contribution in [2.45, 2.75) is 39.2 Å². The molecule has 0 radical (unpaired) electrons. The van der Waals surface area contributed by atoms with Crippen molar-refractivity contribution in [2.75, 3.05) is 19.6 Å². The van der Waals surface area contributed by atoms with E-state index in [-0.39, 0.29) is 5.91 Å². The van der Waals surface area contributed by atoms with Crippen LogP contribution in [-0.4, -0.2) is 36.5 Å². The minimum Gasteiger partial charge on any atom is -0.350 e. The SMILES string of the molecule is CCN(CC)C/C=C/C(=O)NC1CCC1. The van der Waals surface area contributed by atoms with Crippen molar-refractivity contribution in [1.29, 1.82) is 0 Å². The molecule has 15 heavy (non-hydrogen) atoms. The van der Waals surface area contributed by atoms with Crippen molar-refractivity contribution in [3.05, 3.63) is 12.2 Å². The fraction of sp³-hybridized carbons (Fsp3) is 0.750. The van der Waals surface area contributed by atoms with Gasteiger partial charge in [-0.05, 0) is 32.4 Å². The molecule has 0 unspecified atom stereocenters. The third kappa shape index (κ3) is 4.47. The summed E-state index contributed by atoms with van der Waals surface area (Å²) >= 11 is 0. The highest BCUT2D eigenvalue weighted by atomic mass is 16.1. The van der Waals surface area contributed by atoms with Gasteiger partial charge < -0.3 is 10.2 Å². The lowest BCUT2D eigenvalue weighted by Gasteiger charge is -2.25. The Morgan fingerprint density at radius 2 is 2.07 bits per heavy atom. The van der Waals surface area contributed by atoms with Crippen LogP contribution in [0.2, 0.25) is 0 Å². The van der Waals surface area contributed by atoms with E-state index in [1.807, 2.05) is 6.08 Å². The molecule has 0 saturated heterocycles. The Morgan fingerprint density at radius 3 is 2.53 bits per heavy atom. The van der Waals surface area contributed by atoms with Crippen molar-refractivity contribution in [1.82, 2.24) is 10.2 Å². The zero-order valence-electron chi connectivity index (χ0n) is 9.83. The summed E-state index contributed by atoms with van der Waals surface area (Å²) in [6.45, 7) is 7.19. The summed E-state index contributed by atoms with van der Waals surface area (Å²) in [7, 11) is 0. The summed E-state index contributed by atoms with van der Waals surface area (Å²) in [6, 6.07) is 0.440. The molecule has 3 nitrogen and oxygen atoms in total. The lowest BCUT2D eigenvalue weighted by molar-refractivity contribution is -0.117. The summed E-state index contributed by atoms with van der Waals surface area (Å²) in [5.74, 6) is 0.0619. The van der Waals surface area contributed by atoms with Crippen LogP contribution in [0.4, 0.5) is 0 Å². The Balaban J connectivity index is 2.15. The molecular formula is C12H22N2O. The van der Waals surface area contributed by atoms with E-state index >= 15 is 0 Å². The van der Waals surface area contributed by atoms with Gasteiger partial charge in [0, 0.05) is 18.7 Å². The summed E-state index contributed by atoms with van der Waals surface area (Å²) in [5, 5.41) is 2.98. The first-order valence-electron chi connectivity index (χ1n) is 5.95. The van der Waals surface area contributed by atoms with Crippen LogP contribution in [0.25, 0.3) is 0 Å². The number of hydrogen-bond donors (Lipinski definition) is 1. The molecule has 86 valence electrons. The molecule has 0 aromatic carbocycles. The number of carbonyl (C=O) groups excluding carboxylic acids is 1. The summed E-state index contributed by atoms with van der Waals surface area (Å²) < 4.78 is 0. The average molecular weight is 210 g/mol. The van der Waals surface area contributed by atoms with Crippen LogP contribution < -0.4 is 5.32 Å². The van der Waals surface area contributed by atoms with Crippen LogP contribution in [0, 0.1) is 0 Å². The van der Waals surface area contributed by atoms with Gasteiger partial charge in [0.25, 0.3) is 0 Å². The topological polar surface area (TPSA) is 32.3 Å². The van der Waals surface area contributed by atoms with E-state index in [2.05, 4.69) is 24.1 Å². The summed E-state index contributed by atoms with van der Waals surface area (Å²) in [6.07, 6.45) is 7.16. The molecule has 0 bridgehead atoms. The molecule has 0 aliphatic heterocycles. The van der Waals surface area contributed by atoms with Crippen LogP contribution >= 0.6 is 0 Å². The Bertz CT molecular complexity index is 218. The van der Waals surface area contributed by atoms with E-state index in [9.17, 15) is 4.79 Å². The largest absolute Gasteiger partial charge is 0.350 e. The second kappa shape index (κ2) is 6.62. The first-order valence-corrected chi connectivity index (χ1v) is 5.95. The zero-order chi connectivity index (χ0) is 11.1. The second-order valence-corrected chi connectivity index (χ2v) is 4.02. The maximum absolute atomic E-state index is 11.4. The van der Waals surface area contributed by atoms with Crippen LogP contribution in [0.3, 0.4) is 0 Å². The highest BCUT2D eigenvalue weighted by molar-refractivity contribution is 5.87. The number of carbonyl (C=O) groups is 1. The molecule has 0 atom stereocenters. The van der Waals surface area contributed by atoms with Crippen molar-refractivity contribution in [2.24, 2.45) is 0 Å². The van der Waals surface area contributed by atoms with Gasteiger partial charge in [-0.2, -0.15) is 0 Å². The Hall–Kier alpha value is -0.830. The van der Waals surface area contributed by atoms with Crippen LogP contribution in [-0.2, 0) is 4.79 Å². The molecule has 1 aliphatic rings. The Labute approximate surface area is 92.5 Å². The third-order valence-electron chi connectivity index (χ3n) is 2.98. The second-order valence-electron chi connectivity index (χ2n) is 4.02. The molecule has 1 rings (SSSR count). The van der Waals surface area contributed by atoms with Crippen molar-refractivity contribution >= 4 is 5.91 Å².